The average molecular weight is 389 g/mol. The molecule has 1 atom stereocenters. The summed E-state index contributed by atoms with van der Waals surface area (Å²) >= 11 is 0. The molecule has 0 spiro atoms. The minimum absolute atomic E-state index is 0.0405. The SMILES string of the molecule is CC(C)(C)c1ccc(C[C@H](NC(=O)Cc2ccc3ccccc3c2)C(=O)O)cc1. The summed E-state index contributed by atoms with van der Waals surface area (Å²) in [7, 11) is 0. The van der Waals surface area contributed by atoms with Crippen LogP contribution in [0.4, 0.5) is 0 Å². The second kappa shape index (κ2) is 8.48. The second-order valence-electron chi connectivity index (χ2n) is 8.47. The molecule has 0 aromatic heterocycles. The number of carboxylic acid groups (broad SMARTS) is 1. The van der Waals surface area contributed by atoms with Gasteiger partial charge in [-0.15, -0.1) is 0 Å². The summed E-state index contributed by atoms with van der Waals surface area (Å²) < 4.78 is 0. The van der Waals surface area contributed by atoms with E-state index in [0.29, 0.717) is 0 Å². The zero-order valence-corrected chi connectivity index (χ0v) is 17.1. The zero-order chi connectivity index (χ0) is 21.0. The predicted molar refractivity (Wildman–Crippen MR) is 116 cm³/mol. The summed E-state index contributed by atoms with van der Waals surface area (Å²) in [4.78, 5) is 24.1. The maximum absolute atomic E-state index is 12.5. The van der Waals surface area contributed by atoms with Crippen LogP contribution in [0.2, 0.25) is 0 Å². The fourth-order valence-electron chi connectivity index (χ4n) is 3.36. The molecule has 0 fully saturated rings. The molecule has 4 nitrogen and oxygen atoms in total. The van der Waals surface area contributed by atoms with Crippen LogP contribution in [-0.2, 0) is 27.8 Å². The fraction of sp³-hybridized carbons (Fsp3) is 0.280. The van der Waals surface area contributed by atoms with Crippen molar-refractivity contribution in [3.05, 3.63) is 83.4 Å². The van der Waals surface area contributed by atoms with Crippen LogP contribution in [0.3, 0.4) is 0 Å². The summed E-state index contributed by atoms with van der Waals surface area (Å²) in [5.41, 5.74) is 2.98. The quantitative estimate of drug-likeness (QED) is 0.653. The summed E-state index contributed by atoms with van der Waals surface area (Å²) in [5, 5.41) is 14.4. The van der Waals surface area contributed by atoms with Crippen LogP contribution in [0.15, 0.2) is 66.7 Å². The lowest BCUT2D eigenvalue weighted by molar-refractivity contribution is -0.141. The Balaban J connectivity index is 1.66. The van der Waals surface area contributed by atoms with E-state index < -0.39 is 12.0 Å². The van der Waals surface area contributed by atoms with Crippen LogP contribution in [0.1, 0.15) is 37.5 Å². The number of carbonyl (C=O) groups is 2. The molecule has 3 aromatic rings. The largest absolute Gasteiger partial charge is 0.480 e. The molecule has 4 heteroatoms. The van der Waals surface area contributed by atoms with Gasteiger partial charge in [0.25, 0.3) is 0 Å². The van der Waals surface area contributed by atoms with Crippen LogP contribution in [-0.4, -0.2) is 23.0 Å². The number of nitrogens with one attached hydrogen (secondary N) is 1. The third kappa shape index (κ3) is 5.44. The first-order chi connectivity index (χ1) is 13.7. The normalized spacial score (nSPS) is 12.5. The molecule has 0 saturated heterocycles. The molecule has 0 radical (unpaired) electrons. The summed E-state index contributed by atoms with van der Waals surface area (Å²) in [6.45, 7) is 6.40. The highest BCUT2D eigenvalue weighted by Gasteiger charge is 2.21. The first-order valence-electron chi connectivity index (χ1n) is 9.81. The van der Waals surface area contributed by atoms with Gasteiger partial charge < -0.3 is 10.4 Å². The van der Waals surface area contributed by atoms with E-state index >= 15 is 0 Å². The van der Waals surface area contributed by atoms with Gasteiger partial charge in [0.1, 0.15) is 6.04 Å². The monoisotopic (exact) mass is 389 g/mol. The van der Waals surface area contributed by atoms with Gasteiger partial charge in [-0.1, -0.05) is 87.5 Å². The van der Waals surface area contributed by atoms with Crippen LogP contribution >= 0.6 is 0 Å². The van der Waals surface area contributed by atoms with Crippen molar-refractivity contribution in [2.75, 3.05) is 0 Å². The first kappa shape index (κ1) is 20.6. The van der Waals surface area contributed by atoms with E-state index in [1.54, 1.807) is 0 Å². The Morgan fingerprint density at radius 2 is 1.52 bits per heavy atom. The maximum Gasteiger partial charge on any atom is 0.326 e. The highest BCUT2D eigenvalue weighted by atomic mass is 16.4. The highest BCUT2D eigenvalue weighted by Crippen LogP contribution is 2.22. The van der Waals surface area contributed by atoms with E-state index in [9.17, 15) is 14.7 Å². The molecule has 0 heterocycles. The molecule has 3 rings (SSSR count). The van der Waals surface area contributed by atoms with Gasteiger partial charge in [0.15, 0.2) is 0 Å². The number of rotatable bonds is 6. The highest BCUT2D eigenvalue weighted by molar-refractivity contribution is 5.87. The Labute approximate surface area is 171 Å². The molecule has 150 valence electrons. The Hall–Kier alpha value is -3.14. The van der Waals surface area contributed by atoms with E-state index in [0.717, 1.165) is 21.9 Å². The van der Waals surface area contributed by atoms with Crippen LogP contribution in [0.5, 0.6) is 0 Å². The minimum Gasteiger partial charge on any atom is -0.480 e. The van der Waals surface area contributed by atoms with Crippen molar-refractivity contribution in [3.63, 3.8) is 0 Å². The summed E-state index contributed by atoms with van der Waals surface area (Å²) in [6.07, 6.45) is 0.404. The van der Waals surface area contributed by atoms with Gasteiger partial charge in [-0.3, -0.25) is 4.79 Å². The molecule has 0 aliphatic carbocycles. The standard InChI is InChI=1S/C25H27NO3/c1-25(2,3)21-12-9-17(10-13-21)15-22(24(28)29)26-23(27)16-18-8-11-19-6-4-5-7-20(19)14-18/h4-14,22H,15-16H2,1-3H3,(H,26,27)(H,28,29)/t22-/m0/s1. The Morgan fingerprint density at radius 3 is 2.14 bits per heavy atom. The van der Waals surface area contributed by atoms with Gasteiger partial charge in [0.05, 0.1) is 6.42 Å². The predicted octanol–water partition coefficient (Wildman–Crippen LogP) is 4.49. The average Bonchev–Trinajstić information content (AvgIpc) is 2.67. The third-order valence-electron chi connectivity index (χ3n) is 5.07. The lowest BCUT2D eigenvalue weighted by Crippen LogP contribution is -2.43. The number of hydrogen-bond donors (Lipinski definition) is 2. The smallest absolute Gasteiger partial charge is 0.326 e. The van der Waals surface area contributed by atoms with E-state index in [2.05, 4.69) is 26.1 Å². The number of hydrogen-bond acceptors (Lipinski definition) is 2. The molecule has 0 aliphatic heterocycles. The lowest BCUT2D eigenvalue weighted by atomic mass is 9.86. The van der Waals surface area contributed by atoms with E-state index in [1.165, 1.54) is 5.56 Å². The van der Waals surface area contributed by atoms with Crippen molar-refractivity contribution in [1.29, 1.82) is 0 Å². The van der Waals surface area contributed by atoms with Crippen molar-refractivity contribution >= 4 is 22.6 Å². The van der Waals surface area contributed by atoms with Crippen LogP contribution in [0.25, 0.3) is 10.8 Å². The van der Waals surface area contributed by atoms with Crippen molar-refractivity contribution in [3.8, 4) is 0 Å². The maximum atomic E-state index is 12.5. The number of fused-ring (bicyclic) bond motifs is 1. The first-order valence-corrected chi connectivity index (χ1v) is 9.81. The topological polar surface area (TPSA) is 66.4 Å². The zero-order valence-electron chi connectivity index (χ0n) is 17.1. The Bertz CT molecular complexity index is 1020. The molecule has 2 N–H and O–H groups in total. The molecule has 0 bridgehead atoms. The van der Waals surface area contributed by atoms with Crippen molar-refractivity contribution in [1.82, 2.24) is 5.32 Å². The van der Waals surface area contributed by atoms with E-state index in [4.69, 9.17) is 0 Å². The fourth-order valence-corrected chi connectivity index (χ4v) is 3.36. The number of carboxylic acids is 1. The number of amides is 1. The van der Waals surface area contributed by atoms with Crippen molar-refractivity contribution in [2.24, 2.45) is 0 Å². The van der Waals surface area contributed by atoms with Gasteiger partial charge in [0.2, 0.25) is 5.91 Å². The van der Waals surface area contributed by atoms with Crippen LogP contribution in [0, 0.1) is 0 Å². The molecule has 3 aromatic carbocycles. The van der Waals surface area contributed by atoms with Gasteiger partial charge in [0, 0.05) is 6.42 Å². The van der Waals surface area contributed by atoms with Crippen LogP contribution < -0.4 is 5.32 Å². The molecule has 0 unspecified atom stereocenters. The molecular weight excluding hydrogens is 362 g/mol. The van der Waals surface area contributed by atoms with Gasteiger partial charge in [-0.2, -0.15) is 0 Å². The van der Waals surface area contributed by atoms with Gasteiger partial charge in [-0.05, 0) is 32.9 Å². The van der Waals surface area contributed by atoms with E-state index in [1.807, 2.05) is 66.7 Å². The van der Waals surface area contributed by atoms with Crippen molar-refractivity contribution < 1.29 is 14.7 Å². The second-order valence-corrected chi connectivity index (χ2v) is 8.47. The number of aliphatic carboxylic acids is 1. The third-order valence-corrected chi connectivity index (χ3v) is 5.07. The molecule has 29 heavy (non-hydrogen) atoms. The molecular formula is C25H27NO3. The molecule has 0 saturated carbocycles. The van der Waals surface area contributed by atoms with Gasteiger partial charge in [-0.25, -0.2) is 4.79 Å². The van der Waals surface area contributed by atoms with Gasteiger partial charge >= 0.3 is 5.97 Å². The summed E-state index contributed by atoms with van der Waals surface area (Å²) in [6, 6.07) is 20.8. The number of benzene rings is 3. The Morgan fingerprint density at radius 1 is 0.897 bits per heavy atom. The molecule has 1 amide bonds. The minimum atomic E-state index is -1.03. The van der Waals surface area contributed by atoms with E-state index in [-0.39, 0.29) is 24.2 Å². The lowest BCUT2D eigenvalue weighted by Gasteiger charge is -2.20. The Kier molecular flexibility index (Phi) is 6.02. The summed E-state index contributed by atoms with van der Waals surface area (Å²) in [5.74, 6) is -1.32. The number of carbonyl (C=O) groups excluding carboxylic acids is 1. The van der Waals surface area contributed by atoms with Crippen molar-refractivity contribution in [2.45, 2.75) is 45.1 Å². The molecule has 0 aliphatic rings.